The number of fused-ring (bicyclic) bond motifs is 1. The van der Waals surface area contributed by atoms with E-state index in [1.54, 1.807) is 6.26 Å². The molecule has 4 heteroatoms. The summed E-state index contributed by atoms with van der Waals surface area (Å²) in [4.78, 5) is 14.6. The van der Waals surface area contributed by atoms with Crippen LogP contribution in [0.4, 0.5) is 0 Å². The Hall–Kier alpha value is -1.81. The molecule has 1 amide bonds. The maximum atomic E-state index is 12.4. The minimum absolute atomic E-state index is 0.0412. The lowest BCUT2D eigenvalue weighted by Gasteiger charge is -2.28. The molecular weight excluding hydrogens is 312 g/mol. The molecule has 25 heavy (non-hydrogen) atoms. The highest BCUT2D eigenvalue weighted by atomic mass is 16.3. The predicted octanol–water partition coefficient (Wildman–Crippen LogP) is 4.11. The standard InChI is InChI=1S/C21H32N2O2/c1-14(2)17-10-18-16(11-25-19(18)8-15(17)3)9-20(24)22-12-21(4,5)13-23(6)7/h8,10-11,14H,9,12-13H2,1-7H3,(H,22,24). The molecule has 0 spiro atoms. The summed E-state index contributed by atoms with van der Waals surface area (Å²) in [7, 11) is 4.10. The van der Waals surface area contributed by atoms with Gasteiger partial charge in [0, 0.05) is 24.0 Å². The zero-order valence-corrected chi connectivity index (χ0v) is 16.7. The number of benzene rings is 1. The van der Waals surface area contributed by atoms with E-state index in [2.05, 4.69) is 71.1 Å². The molecule has 0 fully saturated rings. The van der Waals surface area contributed by atoms with Crippen molar-refractivity contribution < 1.29 is 9.21 Å². The summed E-state index contributed by atoms with van der Waals surface area (Å²) >= 11 is 0. The predicted molar refractivity (Wildman–Crippen MR) is 104 cm³/mol. The average molecular weight is 344 g/mol. The minimum atomic E-state index is 0.0412. The zero-order chi connectivity index (χ0) is 18.8. The molecule has 1 N–H and O–H groups in total. The van der Waals surface area contributed by atoms with Crippen LogP contribution in [-0.4, -0.2) is 38.0 Å². The number of hydrogen-bond acceptors (Lipinski definition) is 3. The summed E-state index contributed by atoms with van der Waals surface area (Å²) in [6.45, 7) is 12.4. The second-order valence-electron chi connectivity index (χ2n) is 8.48. The molecule has 0 saturated carbocycles. The Morgan fingerprint density at radius 2 is 1.96 bits per heavy atom. The van der Waals surface area contributed by atoms with Crippen molar-refractivity contribution in [3.63, 3.8) is 0 Å². The first-order valence-corrected chi connectivity index (χ1v) is 9.01. The van der Waals surface area contributed by atoms with E-state index < -0.39 is 0 Å². The topological polar surface area (TPSA) is 45.5 Å². The second-order valence-corrected chi connectivity index (χ2v) is 8.48. The summed E-state index contributed by atoms with van der Waals surface area (Å²) in [5, 5.41) is 4.13. The van der Waals surface area contributed by atoms with Crippen LogP contribution in [0.5, 0.6) is 0 Å². The summed E-state index contributed by atoms with van der Waals surface area (Å²) in [6, 6.07) is 4.25. The third-order valence-corrected chi connectivity index (χ3v) is 4.52. The largest absolute Gasteiger partial charge is 0.464 e. The first-order valence-electron chi connectivity index (χ1n) is 9.01. The molecule has 0 aliphatic carbocycles. The molecule has 138 valence electrons. The third kappa shape index (κ3) is 5.08. The van der Waals surface area contributed by atoms with Crippen LogP contribution in [0.1, 0.15) is 50.3 Å². The quantitative estimate of drug-likeness (QED) is 0.822. The van der Waals surface area contributed by atoms with Crippen LogP contribution < -0.4 is 5.32 Å². The number of hydrogen-bond donors (Lipinski definition) is 1. The molecule has 0 unspecified atom stereocenters. The van der Waals surface area contributed by atoms with Crippen molar-refractivity contribution >= 4 is 16.9 Å². The molecule has 1 aromatic heterocycles. The van der Waals surface area contributed by atoms with Gasteiger partial charge in [-0.2, -0.15) is 0 Å². The normalized spacial score (nSPS) is 12.4. The Labute approximate surface area is 151 Å². The van der Waals surface area contributed by atoms with Gasteiger partial charge in [0.1, 0.15) is 5.58 Å². The van der Waals surface area contributed by atoms with E-state index in [1.165, 1.54) is 11.1 Å². The van der Waals surface area contributed by atoms with Crippen LogP contribution in [0.2, 0.25) is 0 Å². The van der Waals surface area contributed by atoms with Crippen molar-refractivity contribution in [2.24, 2.45) is 5.41 Å². The van der Waals surface area contributed by atoms with E-state index >= 15 is 0 Å². The Bertz CT molecular complexity index is 742. The van der Waals surface area contributed by atoms with Gasteiger partial charge in [0.15, 0.2) is 0 Å². The summed E-state index contributed by atoms with van der Waals surface area (Å²) in [6.07, 6.45) is 2.07. The molecular formula is C21H32N2O2. The van der Waals surface area contributed by atoms with Crippen LogP contribution in [0.3, 0.4) is 0 Å². The fourth-order valence-corrected chi connectivity index (χ4v) is 3.49. The molecule has 2 aromatic rings. The number of furan rings is 1. The fraction of sp³-hybridized carbons (Fsp3) is 0.571. The van der Waals surface area contributed by atoms with Crippen LogP contribution in [0.15, 0.2) is 22.8 Å². The lowest BCUT2D eigenvalue weighted by atomic mass is 9.92. The number of nitrogens with one attached hydrogen (secondary N) is 1. The van der Waals surface area contributed by atoms with Gasteiger partial charge in [0.25, 0.3) is 0 Å². The van der Waals surface area contributed by atoms with E-state index in [4.69, 9.17) is 4.42 Å². The minimum Gasteiger partial charge on any atom is -0.464 e. The van der Waals surface area contributed by atoms with E-state index in [0.29, 0.717) is 18.9 Å². The van der Waals surface area contributed by atoms with Crippen molar-refractivity contribution in [2.75, 3.05) is 27.2 Å². The number of nitrogens with zero attached hydrogens (tertiary/aromatic N) is 1. The zero-order valence-electron chi connectivity index (χ0n) is 16.7. The summed E-state index contributed by atoms with van der Waals surface area (Å²) in [5.74, 6) is 0.494. The maximum absolute atomic E-state index is 12.4. The molecule has 0 atom stereocenters. The summed E-state index contributed by atoms with van der Waals surface area (Å²) < 4.78 is 5.68. The molecule has 1 aromatic carbocycles. The molecule has 0 bridgehead atoms. The highest BCUT2D eigenvalue weighted by Gasteiger charge is 2.20. The van der Waals surface area contributed by atoms with Gasteiger partial charge >= 0.3 is 0 Å². The van der Waals surface area contributed by atoms with Crippen LogP contribution >= 0.6 is 0 Å². The Morgan fingerprint density at radius 1 is 1.28 bits per heavy atom. The molecule has 4 nitrogen and oxygen atoms in total. The van der Waals surface area contributed by atoms with E-state index in [0.717, 1.165) is 23.1 Å². The molecule has 0 aliphatic rings. The molecule has 1 heterocycles. The number of carbonyl (C=O) groups excluding carboxylic acids is 1. The second kappa shape index (κ2) is 7.61. The van der Waals surface area contributed by atoms with Crippen LogP contribution in [-0.2, 0) is 11.2 Å². The first-order chi connectivity index (χ1) is 11.6. The molecule has 0 aliphatic heterocycles. The van der Waals surface area contributed by atoms with Crippen LogP contribution in [0, 0.1) is 12.3 Å². The number of aryl methyl sites for hydroxylation is 1. The maximum Gasteiger partial charge on any atom is 0.224 e. The van der Waals surface area contributed by atoms with Crippen LogP contribution in [0.25, 0.3) is 11.0 Å². The highest BCUT2D eigenvalue weighted by Crippen LogP contribution is 2.29. The van der Waals surface area contributed by atoms with Gasteiger partial charge in [-0.3, -0.25) is 4.79 Å². The SMILES string of the molecule is Cc1cc2occ(CC(=O)NCC(C)(C)CN(C)C)c2cc1C(C)C. The monoisotopic (exact) mass is 344 g/mol. The Morgan fingerprint density at radius 3 is 2.56 bits per heavy atom. The lowest BCUT2D eigenvalue weighted by molar-refractivity contribution is -0.120. The van der Waals surface area contributed by atoms with Gasteiger partial charge in [-0.1, -0.05) is 27.7 Å². The molecule has 2 rings (SSSR count). The number of carbonyl (C=O) groups is 1. The highest BCUT2D eigenvalue weighted by molar-refractivity contribution is 5.88. The molecule has 0 radical (unpaired) electrons. The van der Waals surface area contributed by atoms with Crippen molar-refractivity contribution in [2.45, 2.75) is 47.0 Å². The van der Waals surface area contributed by atoms with Crippen molar-refractivity contribution in [1.29, 1.82) is 0 Å². The lowest BCUT2D eigenvalue weighted by Crippen LogP contribution is -2.40. The summed E-state index contributed by atoms with van der Waals surface area (Å²) in [5.41, 5.74) is 4.40. The van der Waals surface area contributed by atoms with E-state index in [1.807, 2.05) is 0 Å². The van der Waals surface area contributed by atoms with Gasteiger partial charge in [-0.25, -0.2) is 0 Å². The fourth-order valence-electron chi connectivity index (χ4n) is 3.49. The van der Waals surface area contributed by atoms with Gasteiger partial charge in [0.2, 0.25) is 5.91 Å². The molecule has 0 saturated heterocycles. The van der Waals surface area contributed by atoms with Crippen molar-refractivity contribution in [3.05, 3.63) is 35.1 Å². The first kappa shape index (κ1) is 19.5. The van der Waals surface area contributed by atoms with E-state index in [-0.39, 0.29) is 11.3 Å². The van der Waals surface area contributed by atoms with Crippen molar-refractivity contribution in [1.82, 2.24) is 10.2 Å². The Balaban J connectivity index is 2.10. The van der Waals surface area contributed by atoms with Gasteiger partial charge < -0.3 is 14.6 Å². The van der Waals surface area contributed by atoms with Gasteiger partial charge in [-0.05, 0) is 55.6 Å². The smallest absolute Gasteiger partial charge is 0.224 e. The van der Waals surface area contributed by atoms with Crippen molar-refractivity contribution in [3.8, 4) is 0 Å². The number of amides is 1. The average Bonchev–Trinajstić information content (AvgIpc) is 2.85. The Kier molecular flexibility index (Phi) is 5.94. The number of rotatable bonds is 7. The van der Waals surface area contributed by atoms with Gasteiger partial charge in [-0.15, -0.1) is 0 Å². The van der Waals surface area contributed by atoms with E-state index in [9.17, 15) is 4.79 Å². The van der Waals surface area contributed by atoms with Gasteiger partial charge in [0.05, 0.1) is 12.7 Å². The third-order valence-electron chi connectivity index (χ3n) is 4.52.